The largest absolute Gasteiger partial charge is 0.495 e. The summed E-state index contributed by atoms with van der Waals surface area (Å²) in [7, 11) is 1.65. The normalized spacial score (nSPS) is 10.0. The van der Waals surface area contributed by atoms with Gasteiger partial charge in [0, 0.05) is 18.9 Å². The minimum absolute atomic E-state index is 0.641. The first kappa shape index (κ1) is 11.7. The molecule has 0 spiro atoms. The molecule has 1 heterocycles. The highest BCUT2D eigenvalue weighted by atomic mass is 35.5. The Kier molecular flexibility index (Phi) is 3.83. The Labute approximate surface area is 105 Å². The second-order valence-corrected chi connectivity index (χ2v) is 3.93. The van der Waals surface area contributed by atoms with Crippen LogP contribution in [-0.2, 0) is 6.54 Å². The van der Waals surface area contributed by atoms with Gasteiger partial charge in [-0.25, -0.2) is 0 Å². The summed E-state index contributed by atoms with van der Waals surface area (Å²) in [6.45, 7) is 0.641. The molecule has 0 unspecified atom stereocenters. The SMILES string of the molecule is COc1ccccc1NCc1ccncc1Cl. The third kappa shape index (κ3) is 2.88. The van der Waals surface area contributed by atoms with Gasteiger partial charge >= 0.3 is 0 Å². The van der Waals surface area contributed by atoms with Crippen molar-refractivity contribution >= 4 is 17.3 Å². The second-order valence-electron chi connectivity index (χ2n) is 3.52. The maximum Gasteiger partial charge on any atom is 0.141 e. The van der Waals surface area contributed by atoms with Crippen LogP contribution in [0.1, 0.15) is 5.56 Å². The molecule has 0 aliphatic rings. The van der Waals surface area contributed by atoms with Crippen LogP contribution < -0.4 is 10.1 Å². The first-order valence-corrected chi connectivity index (χ1v) is 5.64. The zero-order valence-corrected chi connectivity index (χ0v) is 10.2. The standard InChI is InChI=1S/C13H13ClN2O/c1-17-13-5-3-2-4-12(13)16-8-10-6-7-15-9-11(10)14/h2-7,9,16H,8H2,1H3. The maximum absolute atomic E-state index is 6.03. The van der Waals surface area contributed by atoms with Crippen LogP contribution in [0.4, 0.5) is 5.69 Å². The van der Waals surface area contributed by atoms with Crippen LogP contribution in [0.15, 0.2) is 42.7 Å². The number of methoxy groups -OCH3 is 1. The Hall–Kier alpha value is -1.74. The fourth-order valence-corrected chi connectivity index (χ4v) is 1.71. The molecular weight excluding hydrogens is 236 g/mol. The van der Waals surface area contributed by atoms with Crippen LogP contribution in [0.5, 0.6) is 5.75 Å². The Bertz CT molecular complexity index is 502. The second kappa shape index (κ2) is 5.55. The predicted molar refractivity (Wildman–Crippen MR) is 69.6 cm³/mol. The number of anilines is 1. The van der Waals surface area contributed by atoms with Crippen molar-refractivity contribution in [3.8, 4) is 5.75 Å². The first-order chi connectivity index (χ1) is 8.31. The topological polar surface area (TPSA) is 34.1 Å². The number of hydrogen-bond donors (Lipinski definition) is 1. The lowest BCUT2D eigenvalue weighted by atomic mass is 10.2. The molecule has 3 nitrogen and oxygen atoms in total. The van der Waals surface area contributed by atoms with Crippen LogP contribution in [-0.4, -0.2) is 12.1 Å². The molecular formula is C13H13ClN2O. The minimum Gasteiger partial charge on any atom is -0.495 e. The molecule has 0 fully saturated rings. The third-order valence-corrected chi connectivity index (χ3v) is 2.77. The molecule has 0 saturated carbocycles. The molecule has 1 aromatic heterocycles. The van der Waals surface area contributed by atoms with Crippen molar-refractivity contribution in [1.82, 2.24) is 4.98 Å². The number of para-hydroxylation sites is 2. The molecule has 17 heavy (non-hydrogen) atoms. The molecule has 0 atom stereocenters. The third-order valence-electron chi connectivity index (χ3n) is 2.43. The van der Waals surface area contributed by atoms with E-state index in [9.17, 15) is 0 Å². The van der Waals surface area contributed by atoms with Crippen LogP contribution in [0, 0.1) is 0 Å². The fourth-order valence-electron chi connectivity index (χ4n) is 1.53. The van der Waals surface area contributed by atoms with Crippen LogP contribution in [0.25, 0.3) is 0 Å². The summed E-state index contributed by atoms with van der Waals surface area (Å²) in [5.74, 6) is 0.817. The molecule has 0 saturated heterocycles. The number of rotatable bonds is 4. The van der Waals surface area contributed by atoms with E-state index in [0.717, 1.165) is 17.0 Å². The van der Waals surface area contributed by atoms with Crippen molar-refractivity contribution in [2.45, 2.75) is 6.54 Å². The monoisotopic (exact) mass is 248 g/mol. The van der Waals surface area contributed by atoms with Gasteiger partial charge in [-0.3, -0.25) is 4.98 Å². The lowest BCUT2D eigenvalue weighted by molar-refractivity contribution is 0.416. The predicted octanol–water partition coefficient (Wildman–Crippen LogP) is 3.36. The Morgan fingerprint density at radius 3 is 2.88 bits per heavy atom. The average molecular weight is 249 g/mol. The molecule has 2 rings (SSSR count). The van der Waals surface area contributed by atoms with E-state index in [1.807, 2.05) is 30.3 Å². The van der Waals surface area contributed by atoms with Gasteiger partial charge in [0.25, 0.3) is 0 Å². The van der Waals surface area contributed by atoms with Crippen LogP contribution >= 0.6 is 11.6 Å². The number of halogens is 1. The van der Waals surface area contributed by atoms with E-state index < -0.39 is 0 Å². The molecule has 1 N–H and O–H groups in total. The molecule has 4 heteroatoms. The van der Waals surface area contributed by atoms with Crippen LogP contribution in [0.3, 0.4) is 0 Å². The van der Waals surface area contributed by atoms with Gasteiger partial charge < -0.3 is 10.1 Å². The number of benzene rings is 1. The van der Waals surface area contributed by atoms with Gasteiger partial charge in [-0.2, -0.15) is 0 Å². The molecule has 0 radical (unpaired) electrons. The first-order valence-electron chi connectivity index (χ1n) is 5.26. The summed E-state index contributed by atoms with van der Waals surface area (Å²) in [6.07, 6.45) is 3.37. The molecule has 88 valence electrons. The Morgan fingerprint density at radius 2 is 2.12 bits per heavy atom. The average Bonchev–Trinajstić information content (AvgIpc) is 2.38. The summed E-state index contributed by atoms with van der Waals surface area (Å²) < 4.78 is 5.26. The number of ether oxygens (including phenoxy) is 1. The van der Waals surface area contributed by atoms with Crippen molar-refractivity contribution in [3.05, 3.63) is 53.3 Å². The van der Waals surface area contributed by atoms with E-state index in [2.05, 4.69) is 10.3 Å². The van der Waals surface area contributed by atoms with E-state index in [0.29, 0.717) is 11.6 Å². The zero-order valence-electron chi connectivity index (χ0n) is 9.48. The fraction of sp³-hybridized carbons (Fsp3) is 0.154. The highest BCUT2D eigenvalue weighted by Gasteiger charge is 2.03. The number of nitrogens with one attached hydrogen (secondary N) is 1. The van der Waals surface area contributed by atoms with Gasteiger partial charge in [-0.05, 0) is 23.8 Å². The van der Waals surface area contributed by atoms with Crippen molar-refractivity contribution in [3.63, 3.8) is 0 Å². The van der Waals surface area contributed by atoms with E-state index in [1.165, 1.54) is 0 Å². The van der Waals surface area contributed by atoms with Gasteiger partial charge in [0.05, 0.1) is 17.8 Å². The lowest BCUT2D eigenvalue weighted by Gasteiger charge is -2.11. The van der Waals surface area contributed by atoms with Gasteiger partial charge in [0.2, 0.25) is 0 Å². The number of nitrogens with zero attached hydrogens (tertiary/aromatic N) is 1. The van der Waals surface area contributed by atoms with Gasteiger partial charge in [0.1, 0.15) is 5.75 Å². The number of aromatic nitrogens is 1. The molecule has 0 amide bonds. The van der Waals surface area contributed by atoms with Crippen molar-refractivity contribution in [2.75, 3.05) is 12.4 Å². The highest BCUT2D eigenvalue weighted by molar-refractivity contribution is 6.31. The summed E-state index contributed by atoms with van der Waals surface area (Å²) in [5.41, 5.74) is 1.95. The summed E-state index contributed by atoms with van der Waals surface area (Å²) >= 11 is 6.03. The lowest BCUT2D eigenvalue weighted by Crippen LogP contribution is -2.01. The summed E-state index contributed by atoms with van der Waals surface area (Å²) in [4.78, 5) is 3.95. The quantitative estimate of drug-likeness (QED) is 0.901. The Morgan fingerprint density at radius 1 is 1.29 bits per heavy atom. The molecule has 1 aromatic carbocycles. The highest BCUT2D eigenvalue weighted by Crippen LogP contribution is 2.24. The van der Waals surface area contributed by atoms with E-state index in [4.69, 9.17) is 16.3 Å². The smallest absolute Gasteiger partial charge is 0.141 e. The minimum atomic E-state index is 0.641. The van der Waals surface area contributed by atoms with Crippen molar-refractivity contribution < 1.29 is 4.74 Å². The maximum atomic E-state index is 6.03. The molecule has 0 bridgehead atoms. The summed E-state index contributed by atoms with van der Waals surface area (Å²) in [6, 6.07) is 9.66. The van der Waals surface area contributed by atoms with E-state index in [-0.39, 0.29) is 0 Å². The number of hydrogen-bond acceptors (Lipinski definition) is 3. The van der Waals surface area contributed by atoms with E-state index in [1.54, 1.807) is 19.5 Å². The van der Waals surface area contributed by atoms with Crippen molar-refractivity contribution in [2.24, 2.45) is 0 Å². The number of pyridine rings is 1. The van der Waals surface area contributed by atoms with Gasteiger partial charge in [-0.15, -0.1) is 0 Å². The summed E-state index contributed by atoms with van der Waals surface area (Å²) in [5, 5.41) is 3.95. The molecule has 0 aliphatic carbocycles. The zero-order chi connectivity index (χ0) is 12.1. The van der Waals surface area contributed by atoms with Crippen molar-refractivity contribution in [1.29, 1.82) is 0 Å². The van der Waals surface area contributed by atoms with E-state index >= 15 is 0 Å². The van der Waals surface area contributed by atoms with Gasteiger partial charge in [0.15, 0.2) is 0 Å². The Balaban J connectivity index is 2.10. The molecule has 0 aliphatic heterocycles. The van der Waals surface area contributed by atoms with Crippen LogP contribution in [0.2, 0.25) is 5.02 Å². The molecule has 2 aromatic rings. The van der Waals surface area contributed by atoms with Gasteiger partial charge in [-0.1, -0.05) is 23.7 Å².